The molecule has 5 amide bonds. The molecule has 4 rings (SSSR count). The lowest BCUT2D eigenvalue weighted by Crippen LogP contribution is -2.38. The van der Waals surface area contributed by atoms with Gasteiger partial charge >= 0.3 is 12.0 Å². The van der Waals surface area contributed by atoms with Gasteiger partial charge in [-0.25, -0.2) is 4.79 Å². The fourth-order valence-corrected chi connectivity index (χ4v) is 4.20. The molecule has 0 fully saturated rings. The van der Waals surface area contributed by atoms with Gasteiger partial charge in [-0.1, -0.05) is 38.1 Å². The number of anilines is 3. The second kappa shape index (κ2) is 14.4. The number of para-hydroxylation sites is 1. The van der Waals surface area contributed by atoms with E-state index in [-0.39, 0.29) is 43.4 Å². The molecule has 4 N–H and O–H groups in total. The monoisotopic (exact) mass is 573 g/mol. The second-order valence-electron chi connectivity index (χ2n) is 9.33. The molecular weight excluding hydrogens is 538 g/mol. The van der Waals surface area contributed by atoms with Gasteiger partial charge in [0.2, 0.25) is 5.91 Å². The van der Waals surface area contributed by atoms with Crippen LogP contribution in [0.2, 0.25) is 0 Å². The van der Waals surface area contributed by atoms with Crippen molar-refractivity contribution in [2.75, 3.05) is 35.7 Å². The van der Waals surface area contributed by atoms with E-state index in [1.165, 1.54) is 9.80 Å². The van der Waals surface area contributed by atoms with Gasteiger partial charge in [-0.2, -0.15) is 0 Å². The van der Waals surface area contributed by atoms with Crippen LogP contribution >= 0.6 is 0 Å². The maximum absolute atomic E-state index is 13.1. The number of aliphatic carboxylic acids is 1. The maximum atomic E-state index is 13.1. The number of fused-ring (bicyclic) bond motifs is 1. The highest BCUT2D eigenvalue weighted by Crippen LogP contribution is 2.26. The molecule has 3 aromatic rings. The molecule has 0 radical (unpaired) electrons. The summed E-state index contributed by atoms with van der Waals surface area (Å²) in [6, 6.07) is 18.3. The number of urea groups is 1. The highest BCUT2D eigenvalue weighted by atomic mass is 16.4. The summed E-state index contributed by atoms with van der Waals surface area (Å²) in [5.74, 6) is -2.20. The molecule has 1 aliphatic heterocycles. The Morgan fingerprint density at radius 3 is 2.29 bits per heavy atom. The topological polar surface area (TPSA) is 148 Å². The molecule has 42 heavy (non-hydrogen) atoms. The van der Waals surface area contributed by atoms with Crippen molar-refractivity contribution in [2.45, 2.75) is 33.7 Å². The van der Waals surface area contributed by atoms with E-state index >= 15 is 0 Å². The van der Waals surface area contributed by atoms with Crippen molar-refractivity contribution in [1.82, 2.24) is 10.2 Å². The fourth-order valence-electron chi connectivity index (χ4n) is 4.20. The van der Waals surface area contributed by atoms with Gasteiger partial charge in [0.25, 0.3) is 11.8 Å². The van der Waals surface area contributed by atoms with Gasteiger partial charge in [-0.3, -0.25) is 19.2 Å². The first-order valence-corrected chi connectivity index (χ1v) is 13.5. The van der Waals surface area contributed by atoms with Gasteiger partial charge in [0.05, 0.1) is 17.7 Å². The number of likely N-dealkylation sites (N-methyl/N-ethyl adjacent to an activating group) is 1. The first-order chi connectivity index (χ1) is 20.1. The van der Waals surface area contributed by atoms with Crippen molar-refractivity contribution in [3.63, 3.8) is 0 Å². The van der Waals surface area contributed by atoms with Crippen molar-refractivity contribution < 1.29 is 29.1 Å². The number of nitrogens with zero attached hydrogens (tertiary/aromatic N) is 2. The Kier molecular flexibility index (Phi) is 10.8. The first kappa shape index (κ1) is 31.3. The zero-order valence-electron chi connectivity index (χ0n) is 24.1. The first-order valence-electron chi connectivity index (χ1n) is 13.5. The minimum absolute atomic E-state index is 0.0907. The Labute approximate surface area is 244 Å². The Hall–Kier alpha value is -5.19. The molecule has 0 saturated carbocycles. The zero-order chi connectivity index (χ0) is 30.8. The van der Waals surface area contributed by atoms with E-state index in [0.717, 1.165) is 5.56 Å². The van der Waals surface area contributed by atoms with Crippen LogP contribution < -0.4 is 20.9 Å². The standard InChI is InChI=1S/C29H29N5O6.C2H6/c1-18-5-3-4-6-23(18)32-29(40)31-21-10-8-20(9-11-21)27(38)30-16-19-7-12-24-22(15-19)28(39)34(14-13-26(36)37)17-25(35)33(24)2;1-2/h3-12,15H,13-14,16-17H2,1-2H3,(H,30,38)(H,36,37)(H2,31,32,40);1-2H3. The largest absolute Gasteiger partial charge is 0.481 e. The Morgan fingerprint density at radius 2 is 1.62 bits per heavy atom. The van der Waals surface area contributed by atoms with Crippen molar-refractivity contribution in [1.29, 1.82) is 0 Å². The van der Waals surface area contributed by atoms with Crippen LogP contribution in [0.15, 0.2) is 66.7 Å². The van der Waals surface area contributed by atoms with Crippen molar-refractivity contribution >= 4 is 46.8 Å². The summed E-state index contributed by atoms with van der Waals surface area (Å²) in [4.78, 5) is 64.3. The van der Waals surface area contributed by atoms with Crippen LogP contribution in [0.1, 0.15) is 52.1 Å². The van der Waals surface area contributed by atoms with E-state index in [0.29, 0.717) is 28.2 Å². The summed E-state index contributed by atoms with van der Waals surface area (Å²) in [5.41, 5.74) is 3.81. The van der Waals surface area contributed by atoms with E-state index in [2.05, 4.69) is 16.0 Å². The molecule has 0 atom stereocenters. The van der Waals surface area contributed by atoms with E-state index in [9.17, 15) is 24.0 Å². The summed E-state index contributed by atoms with van der Waals surface area (Å²) in [7, 11) is 1.56. The summed E-state index contributed by atoms with van der Waals surface area (Å²) < 4.78 is 0. The van der Waals surface area contributed by atoms with Crippen molar-refractivity contribution in [3.8, 4) is 0 Å². The van der Waals surface area contributed by atoms with Crippen LogP contribution in [0.25, 0.3) is 0 Å². The number of aryl methyl sites for hydroxylation is 1. The number of carbonyl (C=O) groups is 5. The van der Waals surface area contributed by atoms with Gasteiger partial charge in [0.15, 0.2) is 0 Å². The minimum atomic E-state index is -1.07. The Bertz CT molecular complexity index is 1470. The van der Waals surface area contributed by atoms with Crippen LogP contribution in [0.3, 0.4) is 0 Å². The average molecular weight is 574 g/mol. The summed E-state index contributed by atoms with van der Waals surface area (Å²) in [6.07, 6.45) is -0.278. The second-order valence-corrected chi connectivity index (χ2v) is 9.33. The highest BCUT2D eigenvalue weighted by Gasteiger charge is 2.30. The molecule has 220 valence electrons. The normalized spacial score (nSPS) is 12.4. The highest BCUT2D eigenvalue weighted by molar-refractivity contribution is 6.09. The number of carboxylic acid groups (broad SMARTS) is 1. The van der Waals surface area contributed by atoms with Crippen LogP contribution in [-0.2, 0) is 16.1 Å². The molecule has 0 saturated heterocycles. The Morgan fingerprint density at radius 1 is 0.929 bits per heavy atom. The smallest absolute Gasteiger partial charge is 0.323 e. The maximum Gasteiger partial charge on any atom is 0.323 e. The Balaban J connectivity index is 0.00000237. The average Bonchev–Trinajstić information content (AvgIpc) is 3.07. The van der Waals surface area contributed by atoms with E-state index in [1.54, 1.807) is 55.6 Å². The third-order valence-electron chi connectivity index (χ3n) is 6.49. The van der Waals surface area contributed by atoms with Gasteiger partial charge in [-0.15, -0.1) is 0 Å². The molecule has 0 unspecified atom stereocenters. The summed E-state index contributed by atoms with van der Waals surface area (Å²) in [6.45, 7) is 5.70. The summed E-state index contributed by atoms with van der Waals surface area (Å²) in [5, 5.41) is 17.3. The molecule has 0 bridgehead atoms. The van der Waals surface area contributed by atoms with Crippen molar-refractivity contribution in [2.24, 2.45) is 0 Å². The third-order valence-corrected chi connectivity index (χ3v) is 6.49. The van der Waals surface area contributed by atoms with Gasteiger partial charge < -0.3 is 30.9 Å². The number of carboxylic acids is 1. The SMILES string of the molecule is CC.Cc1ccccc1NC(=O)Nc1ccc(C(=O)NCc2ccc3c(c2)C(=O)N(CCC(=O)O)CC(=O)N3C)cc1. The minimum Gasteiger partial charge on any atom is -0.481 e. The third kappa shape index (κ3) is 7.94. The van der Waals surface area contributed by atoms with Gasteiger partial charge in [0.1, 0.15) is 6.54 Å². The predicted molar refractivity (Wildman–Crippen MR) is 161 cm³/mol. The number of hydrogen-bond acceptors (Lipinski definition) is 5. The number of amides is 5. The van der Waals surface area contributed by atoms with Gasteiger partial charge in [-0.05, 0) is 60.5 Å². The molecular formula is C31H35N5O6. The number of benzene rings is 3. The predicted octanol–water partition coefficient (Wildman–Crippen LogP) is 4.49. The molecule has 0 spiro atoms. The molecule has 3 aromatic carbocycles. The lowest BCUT2D eigenvalue weighted by Gasteiger charge is -2.19. The van der Waals surface area contributed by atoms with Crippen LogP contribution in [0, 0.1) is 6.92 Å². The van der Waals surface area contributed by atoms with Crippen molar-refractivity contribution in [3.05, 3.63) is 89.0 Å². The van der Waals surface area contributed by atoms with Gasteiger partial charge in [0, 0.05) is 37.1 Å². The molecule has 1 aliphatic rings. The van der Waals surface area contributed by atoms with Crippen LogP contribution in [0.5, 0.6) is 0 Å². The fraction of sp³-hybridized carbons (Fsp3) is 0.258. The lowest BCUT2D eigenvalue weighted by atomic mass is 10.1. The summed E-state index contributed by atoms with van der Waals surface area (Å²) >= 11 is 0. The molecule has 11 nitrogen and oxygen atoms in total. The lowest BCUT2D eigenvalue weighted by molar-refractivity contribution is -0.137. The number of carbonyl (C=O) groups excluding carboxylic acids is 4. The number of rotatable bonds is 8. The zero-order valence-corrected chi connectivity index (χ0v) is 24.1. The molecule has 1 heterocycles. The van der Waals surface area contributed by atoms with Crippen LogP contribution in [-0.4, -0.2) is 59.9 Å². The van der Waals surface area contributed by atoms with Crippen LogP contribution in [0.4, 0.5) is 21.9 Å². The molecule has 0 aromatic heterocycles. The van der Waals surface area contributed by atoms with E-state index in [4.69, 9.17) is 5.11 Å². The quantitative estimate of drug-likeness (QED) is 0.312. The molecule has 11 heteroatoms. The van der Waals surface area contributed by atoms with E-state index < -0.39 is 17.9 Å². The van der Waals surface area contributed by atoms with E-state index in [1.807, 2.05) is 39.0 Å². The number of hydrogen-bond donors (Lipinski definition) is 4. The number of nitrogens with one attached hydrogen (secondary N) is 3. The molecule has 0 aliphatic carbocycles.